The number of rotatable bonds is 4. The number of pyridine rings is 1. The van der Waals surface area contributed by atoms with E-state index in [1.54, 1.807) is 19.4 Å². The van der Waals surface area contributed by atoms with Crippen molar-refractivity contribution >= 4 is 17.3 Å². The van der Waals surface area contributed by atoms with Crippen molar-refractivity contribution in [1.29, 1.82) is 0 Å². The van der Waals surface area contributed by atoms with E-state index in [4.69, 9.17) is 4.74 Å². The first-order chi connectivity index (χ1) is 10.8. The van der Waals surface area contributed by atoms with Gasteiger partial charge < -0.3 is 15.0 Å². The Balaban J connectivity index is 1.80. The molecule has 1 saturated heterocycles. The fourth-order valence-electron chi connectivity index (χ4n) is 2.61. The number of carbonyl (C=O) groups is 1. The van der Waals surface area contributed by atoms with Gasteiger partial charge in [-0.3, -0.25) is 9.78 Å². The van der Waals surface area contributed by atoms with Crippen LogP contribution in [-0.2, 0) is 0 Å². The van der Waals surface area contributed by atoms with E-state index in [1.165, 1.54) is 0 Å². The first-order valence-electron chi connectivity index (χ1n) is 7.43. The number of carbonyl (C=O) groups excluding carboxylic acids is 1. The van der Waals surface area contributed by atoms with Crippen molar-refractivity contribution in [2.45, 2.75) is 12.8 Å². The Kier molecular flexibility index (Phi) is 4.23. The summed E-state index contributed by atoms with van der Waals surface area (Å²) in [5.41, 5.74) is 2.15. The summed E-state index contributed by atoms with van der Waals surface area (Å²) >= 11 is 0. The van der Waals surface area contributed by atoms with Crippen LogP contribution in [0.1, 0.15) is 23.3 Å². The lowest BCUT2D eigenvalue weighted by Crippen LogP contribution is -2.28. The third-order valence-corrected chi connectivity index (χ3v) is 3.76. The van der Waals surface area contributed by atoms with Gasteiger partial charge in [0.25, 0.3) is 5.91 Å². The molecule has 0 radical (unpaired) electrons. The van der Waals surface area contributed by atoms with E-state index in [1.807, 2.05) is 35.2 Å². The van der Waals surface area contributed by atoms with Gasteiger partial charge in [-0.05, 0) is 37.1 Å². The number of amides is 1. The number of likely N-dealkylation sites (tertiary alicyclic amines) is 1. The third-order valence-electron chi connectivity index (χ3n) is 3.76. The number of nitrogens with one attached hydrogen (secondary N) is 1. The zero-order valence-corrected chi connectivity index (χ0v) is 12.6. The van der Waals surface area contributed by atoms with E-state index in [0.717, 1.165) is 43.1 Å². The number of nitrogens with zero attached hydrogens (tertiary/aromatic N) is 2. The molecule has 1 aromatic heterocycles. The first-order valence-corrected chi connectivity index (χ1v) is 7.43. The maximum absolute atomic E-state index is 12.4. The number of hydrogen-bond acceptors (Lipinski definition) is 4. The second-order valence-corrected chi connectivity index (χ2v) is 5.25. The second-order valence-electron chi connectivity index (χ2n) is 5.25. The van der Waals surface area contributed by atoms with E-state index < -0.39 is 0 Å². The van der Waals surface area contributed by atoms with E-state index in [9.17, 15) is 4.79 Å². The smallest absolute Gasteiger partial charge is 0.272 e. The number of anilines is 2. The molecule has 1 aliphatic rings. The summed E-state index contributed by atoms with van der Waals surface area (Å²) < 4.78 is 5.32. The lowest BCUT2D eigenvalue weighted by molar-refractivity contribution is 0.0787. The molecule has 114 valence electrons. The average molecular weight is 297 g/mol. The Labute approximate surface area is 129 Å². The number of methoxy groups -OCH3 is 1. The van der Waals surface area contributed by atoms with Crippen molar-refractivity contribution in [2.75, 3.05) is 25.5 Å². The maximum Gasteiger partial charge on any atom is 0.272 e. The molecule has 1 fully saturated rings. The predicted octanol–water partition coefficient (Wildman–Crippen LogP) is 3.07. The zero-order valence-electron chi connectivity index (χ0n) is 12.6. The van der Waals surface area contributed by atoms with Crippen molar-refractivity contribution in [2.24, 2.45) is 0 Å². The Morgan fingerprint density at radius 2 is 2.00 bits per heavy atom. The monoisotopic (exact) mass is 297 g/mol. The van der Waals surface area contributed by atoms with Crippen LogP contribution >= 0.6 is 0 Å². The van der Waals surface area contributed by atoms with Gasteiger partial charge in [0, 0.05) is 25.0 Å². The van der Waals surface area contributed by atoms with E-state index in [-0.39, 0.29) is 5.91 Å². The summed E-state index contributed by atoms with van der Waals surface area (Å²) in [7, 11) is 1.63. The van der Waals surface area contributed by atoms with Gasteiger partial charge in [0.05, 0.1) is 12.8 Å². The number of aromatic nitrogens is 1. The zero-order chi connectivity index (χ0) is 15.4. The molecule has 1 amide bonds. The van der Waals surface area contributed by atoms with Gasteiger partial charge >= 0.3 is 0 Å². The van der Waals surface area contributed by atoms with Gasteiger partial charge in [-0.1, -0.05) is 12.1 Å². The standard InChI is InChI=1S/C17H19N3O2/c1-22-16-7-3-2-6-14(16)19-13-8-9-18-15(12-13)17(21)20-10-4-5-11-20/h2-3,6-9,12H,4-5,10-11H2,1H3,(H,18,19). The molecule has 22 heavy (non-hydrogen) atoms. The molecule has 1 aromatic carbocycles. The number of ether oxygens (including phenoxy) is 1. The van der Waals surface area contributed by atoms with Crippen LogP contribution in [-0.4, -0.2) is 36.0 Å². The molecule has 2 aromatic rings. The summed E-state index contributed by atoms with van der Waals surface area (Å²) in [5.74, 6) is 0.757. The van der Waals surface area contributed by atoms with E-state index in [0.29, 0.717) is 5.69 Å². The van der Waals surface area contributed by atoms with Crippen molar-refractivity contribution in [3.63, 3.8) is 0 Å². The van der Waals surface area contributed by atoms with Gasteiger partial charge in [0.1, 0.15) is 11.4 Å². The highest BCUT2D eigenvalue weighted by Gasteiger charge is 2.20. The van der Waals surface area contributed by atoms with Gasteiger partial charge in [0.2, 0.25) is 0 Å². The topological polar surface area (TPSA) is 54.5 Å². The Hall–Kier alpha value is -2.56. The summed E-state index contributed by atoms with van der Waals surface area (Å²) in [6, 6.07) is 11.3. The van der Waals surface area contributed by atoms with Gasteiger partial charge in [0.15, 0.2) is 0 Å². The third kappa shape index (κ3) is 3.03. The first kappa shape index (κ1) is 14.4. The summed E-state index contributed by atoms with van der Waals surface area (Å²) in [5, 5.41) is 3.27. The minimum absolute atomic E-state index is 0.00109. The van der Waals surface area contributed by atoms with Gasteiger partial charge in [-0.15, -0.1) is 0 Å². The molecule has 2 heterocycles. The molecule has 3 rings (SSSR count). The molecule has 1 aliphatic heterocycles. The molecule has 0 saturated carbocycles. The maximum atomic E-state index is 12.4. The summed E-state index contributed by atoms with van der Waals surface area (Å²) in [6.45, 7) is 1.65. The number of para-hydroxylation sites is 2. The SMILES string of the molecule is COc1ccccc1Nc1ccnc(C(=O)N2CCCC2)c1. The highest BCUT2D eigenvalue weighted by Crippen LogP contribution is 2.27. The molecular weight excluding hydrogens is 278 g/mol. The van der Waals surface area contributed by atoms with Crippen LogP contribution in [0.15, 0.2) is 42.6 Å². The van der Waals surface area contributed by atoms with E-state index >= 15 is 0 Å². The molecular formula is C17H19N3O2. The van der Waals surface area contributed by atoms with Crippen molar-refractivity contribution in [3.05, 3.63) is 48.3 Å². The van der Waals surface area contributed by atoms with Crippen LogP contribution in [0, 0.1) is 0 Å². The summed E-state index contributed by atoms with van der Waals surface area (Å²) in [6.07, 6.45) is 3.80. The number of hydrogen-bond donors (Lipinski definition) is 1. The fourth-order valence-corrected chi connectivity index (χ4v) is 2.61. The lowest BCUT2D eigenvalue weighted by Gasteiger charge is -2.15. The largest absolute Gasteiger partial charge is 0.495 e. The van der Waals surface area contributed by atoms with E-state index in [2.05, 4.69) is 10.3 Å². The second kappa shape index (κ2) is 6.47. The molecule has 5 heteroatoms. The highest BCUT2D eigenvalue weighted by molar-refractivity contribution is 5.93. The molecule has 0 spiro atoms. The normalized spacial score (nSPS) is 14.0. The molecule has 1 N–H and O–H groups in total. The van der Waals surface area contributed by atoms with Crippen LogP contribution in [0.25, 0.3) is 0 Å². The molecule has 0 aliphatic carbocycles. The molecule has 0 unspecified atom stereocenters. The minimum Gasteiger partial charge on any atom is -0.495 e. The molecule has 0 bridgehead atoms. The van der Waals surface area contributed by atoms with Crippen LogP contribution in [0.4, 0.5) is 11.4 Å². The van der Waals surface area contributed by atoms with Crippen LogP contribution < -0.4 is 10.1 Å². The Morgan fingerprint density at radius 1 is 1.23 bits per heavy atom. The average Bonchev–Trinajstić information content (AvgIpc) is 3.09. The Morgan fingerprint density at radius 3 is 2.77 bits per heavy atom. The van der Waals surface area contributed by atoms with Gasteiger partial charge in [-0.2, -0.15) is 0 Å². The van der Waals surface area contributed by atoms with Crippen molar-refractivity contribution in [1.82, 2.24) is 9.88 Å². The summed E-state index contributed by atoms with van der Waals surface area (Å²) in [4.78, 5) is 18.4. The molecule has 5 nitrogen and oxygen atoms in total. The quantitative estimate of drug-likeness (QED) is 0.942. The number of benzene rings is 1. The Bertz CT molecular complexity index is 666. The van der Waals surface area contributed by atoms with Crippen LogP contribution in [0.3, 0.4) is 0 Å². The minimum atomic E-state index is 0.00109. The molecule has 0 atom stereocenters. The van der Waals surface area contributed by atoms with Crippen molar-refractivity contribution < 1.29 is 9.53 Å². The lowest BCUT2D eigenvalue weighted by atomic mass is 10.2. The van der Waals surface area contributed by atoms with Crippen molar-refractivity contribution in [3.8, 4) is 5.75 Å². The van der Waals surface area contributed by atoms with Crippen LogP contribution in [0.2, 0.25) is 0 Å². The highest BCUT2D eigenvalue weighted by atomic mass is 16.5. The van der Waals surface area contributed by atoms with Gasteiger partial charge in [-0.25, -0.2) is 0 Å². The predicted molar refractivity (Wildman–Crippen MR) is 85.7 cm³/mol. The fraction of sp³-hybridized carbons (Fsp3) is 0.294. The van der Waals surface area contributed by atoms with Crippen LogP contribution in [0.5, 0.6) is 5.75 Å².